The molecule has 0 aromatic rings. The third-order valence-corrected chi connectivity index (χ3v) is 1.19. The molecule has 5 heteroatoms. The van der Waals surface area contributed by atoms with Gasteiger partial charge in [0, 0.05) is 7.11 Å². The van der Waals surface area contributed by atoms with E-state index in [9.17, 15) is 0 Å². The Labute approximate surface area is 50.4 Å². The molecule has 4 N–H and O–H groups in total. The summed E-state index contributed by atoms with van der Waals surface area (Å²) in [6.07, 6.45) is 0. The van der Waals surface area contributed by atoms with Crippen LogP contribution >= 0.6 is 8.60 Å². The largest absolute Gasteiger partial charge is 0.344 e. The van der Waals surface area contributed by atoms with Crippen LogP contribution in [0.4, 0.5) is 0 Å². The molecule has 1 unspecified atom stereocenters. The summed E-state index contributed by atoms with van der Waals surface area (Å²) in [7, 11) is -0.174. The fraction of sp³-hybridized carbons (Fsp3) is 1.00. The van der Waals surface area contributed by atoms with Gasteiger partial charge in [0.1, 0.15) is 0 Å². The highest BCUT2D eigenvalue weighted by Crippen LogP contribution is 2.30. The molecule has 0 aromatic heterocycles. The molecule has 1 atom stereocenters. The first-order valence-corrected chi connectivity index (χ1v) is 3.10. The number of hydrogen-bond donors (Lipinski definition) is 2. The van der Waals surface area contributed by atoms with Crippen molar-refractivity contribution < 1.29 is 13.9 Å². The van der Waals surface area contributed by atoms with Crippen molar-refractivity contribution in [3.05, 3.63) is 0 Å². The van der Waals surface area contributed by atoms with Crippen molar-refractivity contribution in [1.82, 2.24) is 6.15 Å². The van der Waals surface area contributed by atoms with Crippen molar-refractivity contribution in [1.29, 1.82) is 0 Å². The Morgan fingerprint density at radius 3 is 2.25 bits per heavy atom. The van der Waals surface area contributed by atoms with Gasteiger partial charge < -0.3 is 20.1 Å². The predicted octanol–water partition coefficient (Wildman–Crippen LogP) is 1.05. The zero-order chi connectivity index (χ0) is 5.70. The van der Waals surface area contributed by atoms with Crippen molar-refractivity contribution >= 4 is 8.60 Å². The molecular weight excluding hydrogens is 129 g/mol. The van der Waals surface area contributed by atoms with Crippen LogP contribution in [0.25, 0.3) is 0 Å². The summed E-state index contributed by atoms with van der Waals surface area (Å²) in [5.41, 5.74) is 0. The Hall–Kier alpha value is 0.270. The van der Waals surface area contributed by atoms with Crippen molar-refractivity contribution in [2.24, 2.45) is 0 Å². The highest BCUT2D eigenvalue weighted by Gasteiger charge is 1.97. The monoisotopic (exact) mass is 141 g/mol. The quantitative estimate of drug-likeness (QED) is 0.576. The van der Waals surface area contributed by atoms with Gasteiger partial charge in [0.2, 0.25) is 0 Å². The van der Waals surface area contributed by atoms with Gasteiger partial charge >= 0.3 is 8.60 Å². The molecule has 52 valence electrons. The summed E-state index contributed by atoms with van der Waals surface area (Å²) in [5.74, 6) is 0. The SMILES string of the molecule is CCOP(O)OC.N. The summed E-state index contributed by atoms with van der Waals surface area (Å²) in [6.45, 7) is 2.29. The van der Waals surface area contributed by atoms with Crippen LogP contribution in [0.1, 0.15) is 6.92 Å². The van der Waals surface area contributed by atoms with E-state index in [4.69, 9.17) is 4.89 Å². The maximum Gasteiger partial charge on any atom is 0.329 e. The summed E-state index contributed by atoms with van der Waals surface area (Å²) in [6, 6.07) is 0. The number of rotatable bonds is 3. The third kappa shape index (κ3) is 6.27. The molecule has 0 radical (unpaired) electrons. The lowest BCUT2D eigenvalue weighted by molar-refractivity contribution is 0.240. The van der Waals surface area contributed by atoms with Crippen LogP contribution < -0.4 is 6.15 Å². The van der Waals surface area contributed by atoms with Gasteiger partial charge in [0.15, 0.2) is 0 Å². The van der Waals surface area contributed by atoms with Crippen LogP contribution in [0.2, 0.25) is 0 Å². The minimum absolute atomic E-state index is 0. The van der Waals surface area contributed by atoms with Crippen molar-refractivity contribution in [2.45, 2.75) is 6.92 Å². The Bertz CT molecular complexity index is 45.5. The zero-order valence-corrected chi connectivity index (χ0v) is 6.02. The predicted molar refractivity (Wildman–Crippen MR) is 32.8 cm³/mol. The standard InChI is InChI=1S/C3H9O3P.H3N/c1-3-6-7(4)5-2;/h4H,3H2,1-2H3;1H3. The average Bonchev–Trinajstić information content (AvgIpc) is 1.68. The first-order valence-electron chi connectivity index (χ1n) is 1.97. The van der Waals surface area contributed by atoms with E-state index in [0.29, 0.717) is 6.61 Å². The Kier molecular flexibility index (Phi) is 10.1. The number of hydrogen-bond acceptors (Lipinski definition) is 4. The maximum absolute atomic E-state index is 8.48. The fourth-order valence-corrected chi connectivity index (χ4v) is 0.489. The molecule has 0 rings (SSSR count). The lowest BCUT2D eigenvalue weighted by atomic mass is 10.9. The molecule has 0 aliphatic rings. The van der Waals surface area contributed by atoms with Gasteiger partial charge in [0.05, 0.1) is 6.61 Å². The Balaban J connectivity index is 0. The van der Waals surface area contributed by atoms with Gasteiger partial charge in [-0.05, 0) is 6.92 Å². The molecule has 0 fully saturated rings. The minimum atomic E-state index is -1.58. The van der Waals surface area contributed by atoms with Gasteiger partial charge in [-0.15, -0.1) is 0 Å². The van der Waals surface area contributed by atoms with Gasteiger partial charge in [-0.1, -0.05) is 0 Å². The van der Waals surface area contributed by atoms with E-state index >= 15 is 0 Å². The average molecular weight is 141 g/mol. The van der Waals surface area contributed by atoms with E-state index in [2.05, 4.69) is 9.05 Å². The molecule has 0 aromatic carbocycles. The normalized spacial score (nSPS) is 12.4. The maximum atomic E-state index is 8.48. The third-order valence-electron chi connectivity index (χ3n) is 0.396. The van der Waals surface area contributed by atoms with E-state index in [1.165, 1.54) is 7.11 Å². The zero-order valence-electron chi connectivity index (χ0n) is 5.13. The lowest BCUT2D eigenvalue weighted by Crippen LogP contribution is -1.83. The molecule has 0 spiro atoms. The lowest BCUT2D eigenvalue weighted by Gasteiger charge is -2.02. The first kappa shape index (κ1) is 11.1. The van der Waals surface area contributed by atoms with Crippen molar-refractivity contribution in [3.8, 4) is 0 Å². The van der Waals surface area contributed by atoms with E-state index in [1.54, 1.807) is 6.92 Å². The molecule has 0 heterocycles. The highest BCUT2D eigenvalue weighted by molar-refractivity contribution is 7.40. The van der Waals surface area contributed by atoms with Crippen LogP contribution in [0.15, 0.2) is 0 Å². The van der Waals surface area contributed by atoms with Crippen molar-refractivity contribution in [2.75, 3.05) is 13.7 Å². The second kappa shape index (κ2) is 7.27. The van der Waals surface area contributed by atoms with Gasteiger partial charge in [-0.2, -0.15) is 0 Å². The highest BCUT2D eigenvalue weighted by atomic mass is 31.2. The molecule has 0 amide bonds. The van der Waals surface area contributed by atoms with Gasteiger partial charge in [-0.25, -0.2) is 0 Å². The van der Waals surface area contributed by atoms with E-state index in [0.717, 1.165) is 0 Å². The summed E-state index contributed by atoms with van der Waals surface area (Å²) < 4.78 is 8.98. The minimum Gasteiger partial charge on any atom is -0.344 e. The van der Waals surface area contributed by atoms with Crippen LogP contribution in [-0.4, -0.2) is 18.6 Å². The molecule has 4 nitrogen and oxygen atoms in total. The molecule has 0 bridgehead atoms. The molecule has 0 saturated heterocycles. The van der Waals surface area contributed by atoms with E-state index in [1.807, 2.05) is 0 Å². The van der Waals surface area contributed by atoms with E-state index in [-0.39, 0.29) is 6.15 Å². The molecular formula is C3H12NO3P. The van der Waals surface area contributed by atoms with Crippen LogP contribution in [-0.2, 0) is 9.05 Å². The Morgan fingerprint density at radius 1 is 1.62 bits per heavy atom. The smallest absolute Gasteiger partial charge is 0.329 e. The fourth-order valence-electron chi connectivity index (χ4n) is 0.163. The first-order chi connectivity index (χ1) is 3.31. The van der Waals surface area contributed by atoms with Crippen LogP contribution in [0, 0.1) is 0 Å². The van der Waals surface area contributed by atoms with Gasteiger partial charge in [-0.3, -0.25) is 0 Å². The summed E-state index contributed by atoms with van der Waals surface area (Å²) in [4.78, 5) is 8.48. The Morgan fingerprint density at radius 2 is 2.12 bits per heavy atom. The van der Waals surface area contributed by atoms with E-state index < -0.39 is 8.60 Å². The molecule has 8 heavy (non-hydrogen) atoms. The van der Waals surface area contributed by atoms with Crippen LogP contribution in [0.3, 0.4) is 0 Å². The summed E-state index contributed by atoms with van der Waals surface area (Å²) in [5, 5.41) is 0. The second-order valence-electron chi connectivity index (χ2n) is 0.838. The van der Waals surface area contributed by atoms with Crippen molar-refractivity contribution in [3.63, 3.8) is 0 Å². The topological polar surface area (TPSA) is 73.7 Å². The molecule has 0 aliphatic heterocycles. The van der Waals surface area contributed by atoms with Crippen LogP contribution in [0.5, 0.6) is 0 Å². The molecule has 0 saturated carbocycles. The van der Waals surface area contributed by atoms with Gasteiger partial charge in [0.25, 0.3) is 0 Å². The second-order valence-corrected chi connectivity index (χ2v) is 1.94. The summed E-state index contributed by atoms with van der Waals surface area (Å²) >= 11 is 0. The molecule has 0 aliphatic carbocycles.